The van der Waals surface area contributed by atoms with E-state index in [0.29, 0.717) is 11.5 Å². The Bertz CT molecular complexity index is 1100. The first-order valence-electron chi connectivity index (χ1n) is 9.65. The minimum absolute atomic E-state index is 0.0145. The SMILES string of the molecule is CN(C)c1ccc(/C=C2/C(=O)N(c3ccccc3)C(=S)N(c3ccccn3)C2=O)cc1. The standard InChI is InChI=1S/C24H20N4O2S/c1-26(2)18-13-11-17(12-14-18)16-20-22(29)27(19-8-4-3-5-9-19)24(31)28(23(20)30)21-10-6-7-15-25-21/h3-16H,1-2H3/b20-16-. The summed E-state index contributed by atoms with van der Waals surface area (Å²) in [7, 11) is 3.90. The van der Waals surface area contributed by atoms with Gasteiger partial charge in [0.25, 0.3) is 11.8 Å². The largest absolute Gasteiger partial charge is 0.378 e. The van der Waals surface area contributed by atoms with Crippen LogP contribution >= 0.6 is 12.2 Å². The third kappa shape index (κ3) is 3.95. The van der Waals surface area contributed by atoms with Gasteiger partial charge < -0.3 is 4.90 Å². The number of thiocarbonyl (C=S) groups is 1. The molecule has 1 aliphatic rings. The normalized spacial score (nSPS) is 15.5. The van der Waals surface area contributed by atoms with Gasteiger partial charge in [-0.05, 0) is 60.3 Å². The van der Waals surface area contributed by atoms with Gasteiger partial charge in [-0.25, -0.2) is 9.88 Å². The first-order valence-corrected chi connectivity index (χ1v) is 10.1. The Labute approximate surface area is 186 Å². The van der Waals surface area contributed by atoms with Crippen LogP contribution in [-0.4, -0.2) is 36.0 Å². The van der Waals surface area contributed by atoms with Crippen molar-refractivity contribution in [1.82, 2.24) is 4.98 Å². The van der Waals surface area contributed by atoms with Crippen LogP contribution in [0, 0.1) is 0 Å². The number of amides is 2. The summed E-state index contributed by atoms with van der Waals surface area (Å²) < 4.78 is 0. The maximum absolute atomic E-state index is 13.4. The van der Waals surface area contributed by atoms with Crippen molar-refractivity contribution in [3.8, 4) is 0 Å². The van der Waals surface area contributed by atoms with E-state index in [0.717, 1.165) is 11.3 Å². The van der Waals surface area contributed by atoms with Gasteiger partial charge in [-0.2, -0.15) is 0 Å². The zero-order valence-electron chi connectivity index (χ0n) is 17.1. The van der Waals surface area contributed by atoms with E-state index in [4.69, 9.17) is 12.2 Å². The van der Waals surface area contributed by atoms with Crippen molar-refractivity contribution in [2.75, 3.05) is 28.8 Å². The molecule has 7 heteroatoms. The van der Waals surface area contributed by atoms with Crippen LogP contribution in [0.1, 0.15) is 5.56 Å². The van der Waals surface area contributed by atoms with E-state index in [-0.39, 0.29) is 10.7 Å². The minimum atomic E-state index is -0.502. The Morgan fingerprint density at radius 3 is 2.10 bits per heavy atom. The number of hydrogen-bond acceptors (Lipinski definition) is 5. The van der Waals surface area contributed by atoms with Crippen molar-refractivity contribution in [3.63, 3.8) is 0 Å². The molecule has 0 aliphatic carbocycles. The number of rotatable bonds is 4. The summed E-state index contributed by atoms with van der Waals surface area (Å²) in [4.78, 5) is 35.7. The molecule has 0 bridgehead atoms. The number of hydrogen-bond donors (Lipinski definition) is 0. The number of carbonyl (C=O) groups is 2. The van der Waals surface area contributed by atoms with Crippen LogP contribution in [0.5, 0.6) is 0 Å². The molecule has 1 aliphatic heterocycles. The highest BCUT2D eigenvalue weighted by Crippen LogP contribution is 2.29. The molecule has 154 valence electrons. The van der Waals surface area contributed by atoms with Crippen molar-refractivity contribution in [3.05, 3.63) is 90.1 Å². The molecule has 31 heavy (non-hydrogen) atoms. The van der Waals surface area contributed by atoms with Crippen LogP contribution in [0.25, 0.3) is 6.08 Å². The van der Waals surface area contributed by atoms with Gasteiger partial charge in [0.1, 0.15) is 11.4 Å². The van der Waals surface area contributed by atoms with E-state index in [2.05, 4.69) is 4.98 Å². The number of nitrogens with zero attached hydrogens (tertiary/aromatic N) is 4. The monoisotopic (exact) mass is 428 g/mol. The second-order valence-corrected chi connectivity index (χ2v) is 7.50. The second kappa shape index (κ2) is 8.49. The average molecular weight is 429 g/mol. The first-order chi connectivity index (χ1) is 15.0. The highest BCUT2D eigenvalue weighted by Gasteiger charge is 2.41. The molecule has 0 spiro atoms. The lowest BCUT2D eigenvalue weighted by Crippen LogP contribution is -2.57. The number of aromatic nitrogens is 1. The van der Waals surface area contributed by atoms with E-state index in [1.54, 1.807) is 42.6 Å². The fourth-order valence-electron chi connectivity index (χ4n) is 3.26. The van der Waals surface area contributed by atoms with Crippen molar-refractivity contribution < 1.29 is 9.59 Å². The molecule has 2 amide bonds. The summed E-state index contributed by atoms with van der Waals surface area (Å²) in [5.74, 6) is -0.609. The molecule has 1 fully saturated rings. The number of pyridine rings is 1. The molecular weight excluding hydrogens is 408 g/mol. The van der Waals surface area contributed by atoms with E-state index in [1.165, 1.54) is 9.80 Å². The van der Waals surface area contributed by atoms with E-state index >= 15 is 0 Å². The van der Waals surface area contributed by atoms with Gasteiger partial charge in [0.05, 0.1) is 5.69 Å². The van der Waals surface area contributed by atoms with Gasteiger partial charge in [-0.15, -0.1) is 0 Å². The van der Waals surface area contributed by atoms with Crippen molar-refractivity contribution >= 4 is 52.4 Å². The van der Waals surface area contributed by atoms with E-state index < -0.39 is 11.8 Å². The molecule has 0 atom stereocenters. The predicted molar refractivity (Wildman–Crippen MR) is 127 cm³/mol. The molecule has 1 saturated heterocycles. The molecule has 3 aromatic rings. The summed E-state index contributed by atoms with van der Waals surface area (Å²) in [6.45, 7) is 0. The third-order valence-corrected chi connectivity index (χ3v) is 5.23. The molecule has 1 aromatic heterocycles. The first kappa shape index (κ1) is 20.4. The zero-order chi connectivity index (χ0) is 22.0. The van der Waals surface area contributed by atoms with Gasteiger partial charge in [0, 0.05) is 26.0 Å². The van der Waals surface area contributed by atoms with Crippen molar-refractivity contribution in [1.29, 1.82) is 0 Å². The molecule has 0 unspecified atom stereocenters. The van der Waals surface area contributed by atoms with E-state index in [1.807, 2.05) is 61.5 Å². The van der Waals surface area contributed by atoms with Crippen molar-refractivity contribution in [2.24, 2.45) is 0 Å². The Hall–Kier alpha value is -3.84. The maximum Gasteiger partial charge on any atom is 0.271 e. The maximum atomic E-state index is 13.4. The Kier molecular flexibility index (Phi) is 5.60. The van der Waals surface area contributed by atoms with Crippen LogP contribution in [0.2, 0.25) is 0 Å². The summed E-state index contributed by atoms with van der Waals surface area (Å²) in [6, 6.07) is 21.8. The summed E-state index contributed by atoms with van der Waals surface area (Å²) in [6.07, 6.45) is 3.18. The van der Waals surface area contributed by atoms with Crippen LogP contribution in [0.3, 0.4) is 0 Å². The number of benzene rings is 2. The fourth-order valence-corrected chi connectivity index (χ4v) is 3.62. The number of para-hydroxylation sites is 1. The summed E-state index contributed by atoms with van der Waals surface area (Å²) in [5, 5.41) is 0.0694. The van der Waals surface area contributed by atoms with Gasteiger partial charge in [-0.3, -0.25) is 14.5 Å². The minimum Gasteiger partial charge on any atom is -0.378 e. The van der Waals surface area contributed by atoms with Crippen LogP contribution < -0.4 is 14.7 Å². The topological polar surface area (TPSA) is 56.8 Å². The second-order valence-electron chi connectivity index (χ2n) is 7.13. The quantitative estimate of drug-likeness (QED) is 0.358. The molecule has 2 aromatic carbocycles. The number of carbonyl (C=O) groups excluding carboxylic acids is 2. The molecule has 2 heterocycles. The molecule has 6 nitrogen and oxygen atoms in total. The van der Waals surface area contributed by atoms with Crippen LogP contribution in [0.15, 0.2) is 84.6 Å². The Morgan fingerprint density at radius 1 is 0.839 bits per heavy atom. The lowest BCUT2D eigenvalue weighted by molar-refractivity contribution is -0.120. The highest BCUT2D eigenvalue weighted by atomic mass is 32.1. The number of anilines is 3. The fraction of sp³-hybridized carbons (Fsp3) is 0.0833. The van der Waals surface area contributed by atoms with E-state index in [9.17, 15) is 9.59 Å². The Morgan fingerprint density at radius 2 is 1.48 bits per heavy atom. The highest BCUT2D eigenvalue weighted by molar-refractivity contribution is 7.81. The molecular formula is C24H20N4O2S. The van der Waals surface area contributed by atoms with Gasteiger partial charge in [-0.1, -0.05) is 36.4 Å². The summed E-state index contributed by atoms with van der Waals surface area (Å²) >= 11 is 5.57. The summed E-state index contributed by atoms with van der Waals surface area (Å²) in [5.41, 5.74) is 2.36. The average Bonchev–Trinajstić information content (AvgIpc) is 2.78. The third-order valence-electron chi connectivity index (χ3n) is 4.86. The predicted octanol–water partition coefficient (Wildman–Crippen LogP) is 3.90. The van der Waals surface area contributed by atoms with Gasteiger partial charge in [0.15, 0.2) is 5.11 Å². The Balaban J connectivity index is 1.82. The molecule has 0 radical (unpaired) electrons. The van der Waals surface area contributed by atoms with Gasteiger partial charge >= 0.3 is 0 Å². The lowest BCUT2D eigenvalue weighted by Gasteiger charge is -2.35. The smallest absolute Gasteiger partial charge is 0.271 e. The molecule has 0 N–H and O–H groups in total. The van der Waals surface area contributed by atoms with Crippen LogP contribution in [-0.2, 0) is 9.59 Å². The van der Waals surface area contributed by atoms with Crippen molar-refractivity contribution in [2.45, 2.75) is 0 Å². The lowest BCUT2D eigenvalue weighted by atomic mass is 10.1. The van der Waals surface area contributed by atoms with Crippen LogP contribution in [0.4, 0.5) is 17.2 Å². The zero-order valence-corrected chi connectivity index (χ0v) is 17.9. The van der Waals surface area contributed by atoms with Gasteiger partial charge in [0.2, 0.25) is 0 Å². The molecule has 0 saturated carbocycles. The molecule has 4 rings (SSSR count).